The molecule has 3 rings (SSSR count). The molecule has 2 aromatic carbocycles. The lowest BCUT2D eigenvalue weighted by Crippen LogP contribution is -2.32. The Labute approximate surface area is 165 Å². The molecule has 1 atom stereocenters. The van der Waals surface area contributed by atoms with E-state index in [0.717, 1.165) is 5.56 Å². The van der Waals surface area contributed by atoms with Gasteiger partial charge in [-0.25, -0.2) is 4.39 Å². The Morgan fingerprint density at radius 2 is 1.86 bits per heavy atom. The molecule has 1 unspecified atom stereocenters. The number of rotatable bonds is 6. The molecule has 0 saturated carbocycles. The summed E-state index contributed by atoms with van der Waals surface area (Å²) in [6.07, 6.45) is 1.41. The number of ether oxygens (including phenoxy) is 1. The summed E-state index contributed by atoms with van der Waals surface area (Å²) in [6, 6.07) is 12.4. The molecule has 0 saturated heterocycles. The van der Waals surface area contributed by atoms with Crippen LogP contribution in [-0.2, 0) is 9.53 Å². The quantitative estimate of drug-likeness (QED) is 0.618. The number of hydrogen-bond donors (Lipinski definition) is 2. The van der Waals surface area contributed by atoms with Crippen molar-refractivity contribution in [3.05, 3.63) is 76.7 Å². The molecular formula is C20H17ClFN3O3. The van der Waals surface area contributed by atoms with Gasteiger partial charge in [-0.1, -0.05) is 35.9 Å². The molecule has 8 heteroatoms. The third kappa shape index (κ3) is 4.37. The van der Waals surface area contributed by atoms with Gasteiger partial charge in [0.25, 0.3) is 5.91 Å². The Morgan fingerprint density at radius 1 is 1.18 bits per heavy atom. The summed E-state index contributed by atoms with van der Waals surface area (Å²) in [6.45, 7) is -0.0115. The van der Waals surface area contributed by atoms with Crippen molar-refractivity contribution >= 4 is 23.5 Å². The number of esters is 1. The predicted octanol–water partition coefficient (Wildman–Crippen LogP) is 3.56. The number of H-pyrrole nitrogens is 1. The van der Waals surface area contributed by atoms with Crippen LogP contribution >= 0.6 is 11.6 Å². The summed E-state index contributed by atoms with van der Waals surface area (Å²) < 4.78 is 18.0. The van der Waals surface area contributed by atoms with Gasteiger partial charge in [0, 0.05) is 17.1 Å². The summed E-state index contributed by atoms with van der Waals surface area (Å²) in [5.74, 6) is -2.12. The van der Waals surface area contributed by atoms with E-state index < -0.39 is 23.6 Å². The Kier molecular flexibility index (Phi) is 6.06. The van der Waals surface area contributed by atoms with E-state index in [1.807, 2.05) is 0 Å². The molecule has 0 fully saturated rings. The first-order chi connectivity index (χ1) is 13.5. The number of aromatic nitrogens is 2. The lowest BCUT2D eigenvalue weighted by atomic mass is 9.99. The van der Waals surface area contributed by atoms with Crippen LogP contribution in [0.25, 0.3) is 11.3 Å². The van der Waals surface area contributed by atoms with Gasteiger partial charge in [0.15, 0.2) is 0 Å². The van der Waals surface area contributed by atoms with Crippen molar-refractivity contribution < 1.29 is 18.7 Å². The molecule has 28 heavy (non-hydrogen) atoms. The SMILES string of the molecule is COC(=O)C(CNC(=O)c1cn[nH]c1-c1ccc(Cl)cc1)c1ccc(F)cc1. The van der Waals surface area contributed by atoms with Crippen molar-refractivity contribution in [1.82, 2.24) is 15.5 Å². The fourth-order valence-electron chi connectivity index (χ4n) is 2.76. The van der Waals surface area contributed by atoms with E-state index in [9.17, 15) is 14.0 Å². The van der Waals surface area contributed by atoms with E-state index in [0.29, 0.717) is 21.8 Å². The molecular weight excluding hydrogens is 385 g/mol. The first kappa shape index (κ1) is 19.6. The van der Waals surface area contributed by atoms with Crippen molar-refractivity contribution in [3.8, 4) is 11.3 Å². The number of hydrogen-bond acceptors (Lipinski definition) is 4. The van der Waals surface area contributed by atoms with Gasteiger partial charge in [-0.3, -0.25) is 14.7 Å². The Balaban J connectivity index is 1.77. The molecule has 1 amide bonds. The molecule has 3 aromatic rings. The maximum atomic E-state index is 13.2. The number of aromatic amines is 1. The monoisotopic (exact) mass is 401 g/mol. The maximum Gasteiger partial charge on any atom is 0.314 e. The van der Waals surface area contributed by atoms with E-state index in [1.54, 1.807) is 24.3 Å². The number of carbonyl (C=O) groups is 2. The Morgan fingerprint density at radius 3 is 2.50 bits per heavy atom. The van der Waals surface area contributed by atoms with Gasteiger partial charge >= 0.3 is 5.97 Å². The minimum atomic E-state index is -0.763. The number of carbonyl (C=O) groups excluding carboxylic acids is 2. The lowest BCUT2D eigenvalue weighted by Gasteiger charge is -2.16. The molecule has 0 spiro atoms. The molecule has 0 bridgehead atoms. The molecule has 0 aliphatic carbocycles. The van der Waals surface area contributed by atoms with Gasteiger partial charge < -0.3 is 10.1 Å². The normalized spacial score (nSPS) is 11.7. The Hall–Kier alpha value is -3.19. The van der Waals surface area contributed by atoms with E-state index in [-0.39, 0.29) is 6.54 Å². The van der Waals surface area contributed by atoms with Crippen LogP contribution in [0.4, 0.5) is 4.39 Å². The highest BCUT2D eigenvalue weighted by Crippen LogP contribution is 2.23. The number of amides is 1. The van der Waals surface area contributed by atoms with Crippen LogP contribution in [0, 0.1) is 5.82 Å². The topological polar surface area (TPSA) is 84.1 Å². The van der Waals surface area contributed by atoms with Crippen LogP contribution in [0.1, 0.15) is 21.8 Å². The van der Waals surface area contributed by atoms with Crippen LogP contribution in [0.5, 0.6) is 0 Å². The van der Waals surface area contributed by atoms with Crippen LogP contribution in [-0.4, -0.2) is 35.7 Å². The van der Waals surface area contributed by atoms with Crippen LogP contribution < -0.4 is 5.32 Å². The van der Waals surface area contributed by atoms with Gasteiger partial charge in [-0.2, -0.15) is 5.10 Å². The van der Waals surface area contributed by atoms with Gasteiger partial charge in [0.1, 0.15) is 5.82 Å². The van der Waals surface area contributed by atoms with Crippen molar-refractivity contribution in [1.29, 1.82) is 0 Å². The van der Waals surface area contributed by atoms with E-state index in [4.69, 9.17) is 16.3 Å². The Bertz CT molecular complexity index is 971. The second-order valence-corrected chi connectivity index (χ2v) is 6.44. The zero-order valence-electron chi connectivity index (χ0n) is 14.9. The van der Waals surface area contributed by atoms with Crippen molar-refractivity contribution in [2.24, 2.45) is 0 Å². The zero-order valence-corrected chi connectivity index (χ0v) is 15.7. The summed E-state index contributed by atoms with van der Waals surface area (Å²) in [5.41, 5.74) is 2.14. The smallest absolute Gasteiger partial charge is 0.314 e. The molecule has 1 heterocycles. The fourth-order valence-corrected chi connectivity index (χ4v) is 2.89. The number of halogens is 2. The molecule has 144 valence electrons. The summed E-state index contributed by atoms with van der Waals surface area (Å²) in [4.78, 5) is 24.8. The molecule has 6 nitrogen and oxygen atoms in total. The number of methoxy groups -OCH3 is 1. The lowest BCUT2D eigenvalue weighted by molar-refractivity contribution is -0.142. The third-order valence-corrected chi connectivity index (χ3v) is 4.49. The maximum absolute atomic E-state index is 13.2. The average Bonchev–Trinajstić information content (AvgIpc) is 3.19. The highest BCUT2D eigenvalue weighted by atomic mass is 35.5. The first-order valence-electron chi connectivity index (χ1n) is 8.40. The minimum absolute atomic E-state index is 0.0115. The number of nitrogens with one attached hydrogen (secondary N) is 2. The highest BCUT2D eigenvalue weighted by Gasteiger charge is 2.24. The molecule has 1 aromatic heterocycles. The zero-order chi connectivity index (χ0) is 20.1. The van der Waals surface area contributed by atoms with Crippen LogP contribution in [0.15, 0.2) is 54.7 Å². The number of nitrogens with zero attached hydrogens (tertiary/aromatic N) is 1. The van der Waals surface area contributed by atoms with Gasteiger partial charge in [-0.15, -0.1) is 0 Å². The molecule has 0 aliphatic heterocycles. The molecule has 0 aliphatic rings. The minimum Gasteiger partial charge on any atom is -0.468 e. The fraction of sp³-hybridized carbons (Fsp3) is 0.150. The predicted molar refractivity (Wildman–Crippen MR) is 103 cm³/mol. The van der Waals surface area contributed by atoms with Crippen molar-refractivity contribution in [3.63, 3.8) is 0 Å². The summed E-state index contributed by atoms with van der Waals surface area (Å²) in [5, 5.41) is 10.0. The molecule has 0 radical (unpaired) electrons. The standard InChI is InChI=1S/C20H17ClFN3O3/c1-28-20(27)16(12-4-8-15(22)9-5-12)10-23-19(26)17-11-24-25-18(17)13-2-6-14(21)7-3-13/h2-9,11,16H,10H2,1H3,(H,23,26)(H,24,25). The summed E-state index contributed by atoms with van der Waals surface area (Å²) in [7, 11) is 1.26. The van der Waals surface area contributed by atoms with Crippen LogP contribution in [0.2, 0.25) is 5.02 Å². The van der Waals surface area contributed by atoms with Crippen LogP contribution in [0.3, 0.4) is 0 Å². The van der Waals surface area contributed by atoms with Gasteiger partial charge in [0.05, 0.1) is 30.5 Å². The second kappa shape index (κ2) is 8.67. The first-order valence-corrected chi connectivity index (χ1v) is 8.78. The van der Waals surface area contributed by atoms with E-state index in [1.165, 1.54) is 37.6 Å². The number of benzene rings is 2. The molecule has 2 N–H and O–H groups in total. The van der Waals surface area contributed by atoms with Gasteiger partial charge in [-0.05, 0) is 29.8 Å². The largest absolute Gasteiger partial charge is 0.468 e. The van der Waals surface area contributed by atoms with E-state index in [2.05, 4.69) is 15.5 Å². The highest BCUT2D eigenvalue weighted by molar-refractivity contribution is 6.30. The van der Waals surface area contributed by atoms with Crippen molar-refractivity contribution in [2.45, 2.75) is 5.92 Å². The average molecular weight is 402 g/mol. The van der Waals surface area contributed by atoms with Crippen molar-refractivity contribution in [2.75, 3.05) is 13.7 Å². The second-order valence-electron chi connectivity index (χ2n) is 6.00. The van der Waals surface area contributed by atoms with E-state index >= 15 is 0 Å². The third-order valence-electron chi connectivity index (χ3n) is 4.24. The van der Waals surface area contributed by atoms with Gasteiger partial charge in [0.2, 0.25) is 0 Å². The summed E-state index contributed by atoms with van der Waals surface area (Å²) >= 11 is 5.90.